The SMILES string of the molecule is CCC(CC)CN1CCOCC1CBr. The van der Waals surface area contributed by atoms with Gasteiger partial charge in [-0.05, 0) is 5.92 Å². The fourth-order valence-corrected chi connectivity index (χ4v) is 2.55. The molecule has 0 radical (unpaired) electrons. The molecule has 0 amide bonds. The molecule has 0 aromatic rings. The van der Waals surface area contributed by atoms with Crippen molar-refractivity contribution in [1.82, 2.24) is 4.90 Å². The van der Waals surface area contributed by atoms with E-state index in [0.717, 1.165) is 31.0 Å². The number of nitrogens with zero attached hydrogens (tertiary/aromatic N) is 1. The minimum Gasteiger partial charge on any atom is -0.378 e. The topological polar surface area (TPSA) is 12.5 Å². The van der Waals surface area contributed by atoms with Gasteiger partial charge in [0.25, 0.3) is 0 Å². The van der Waals surface area contributed by atoms with Crippen molar-refractivity contribution in [3.05, 3.63) is 0 Å². The second-order valence-electron chi connectivity index (χ2n) is 4.06. The Morgan fingerprint density at radius 3 is 2.71 bits per heavy atom. The lowest BCUT2D eigenvalue weighted by atomic mass is 10.0. The first-order valence-corrected chi connectivity index (χ1v) is 6.81. The summed E-state index contributed by atoms with van der Waals surface area (Å²) in [7, 11) is 0. The van der Waals surface area contributed by atoms with Crippen LogP contribution >= 0.6 is 15.9 Å². The number of rotatable bonds is 5. The first kappa shape index (κ1) is 12.5. The minimum atomic E-state index is 0.587. The van der Waals surface area contributed by atoms with Crippen LogP contribution in [-0.4, -0.2) is 42.6 Å². The zero-order valence-corrected chi connectivity index (χ0v) is 10.9. The van der Waals surface area contributed by atoms with Crippen molar-refractivity contribution >= 4 is 15.9 Å². The van der Waals surface area contributed by atoms with E-state index in [2.05, 4.69) is 34.7 Å². The highest BCUT2D eigenvalue weighted by Crippen LogP contribution is 2.15. The summed E-state index contributed by atoms with van der Waals surface area (Å²) in [5.41, 5.74) is 0. The number of hydrogen-bond donors (Lipinski definition) is 0. The molecule has 0 aromatic carbocycles. The molecular weight excluding hydrogens is 242 g/mol. The monoisotopic (exact) mass is 263 g/mol. The maximum Gasteiger partial charge on any atom is 0.0630 e. The highest BCUT2D eigenvalue weighted by Gasteiger charge is 2.23. The molecule has 0 aromatic heterocycles. The van der Waals surface area contributed by atoms with Gasteiger partial charge in [-0.15, -0.1) is 0 Å². The number of hydrogen-bond acceptors (Lipinski definition) is 2. The molecule has 0 spiro atoms. The van der Waals surface area contributed by atoms with Gasteiger partial charge in [-0.3, -0.25) is 4.90 Å². The van der Waals surface area contributed by atoms with Crippen LogP contribution < -0.4 is 0 Å². The van der Waals surface area contributed by atoms with E-state index >= 15 is 0 Å². The van der Waals surface area contributed by atoms with Crippen LogP contribution in [0.15, 0.2) is 0 Å². The first-order chi connectivity index (χ1) is 6.81. The van der Waals surface area contributed by atoms with Gasteiger partial charge < -0.3 is 4.74 Å². The molecule has 1 aliphatic heterocycles. The highest BCUT2D eigenvalue weighted by atomic mass is 79.9. The van der Waals surface area contributed by atoms with Gasteiger partial charge in [-0.25, -0.2) is 0 Å². The summed E-state index contributed by atoms with van der Waals surface area (Å²) in [5, 5.41) is 1.03. The van der Waals surface area contributed by atoms with Gasteiger partial charge in [-0.2, -0.15) is 0 Å². The molecule has 3 heteroatoms. The van der Waals surface area contributed by atoms with Gasteiger partial charge in [0.1, 0.15) is 0 Å². The Balaban J connectivity index is 2.39. The predicted octanol–water partition coefficient (Wildman–Crippen LogP) is 2.52. The van der Waals surface area contributed by atoms with Gasteiger partial charge in [0, 0.05) is 24.5 Å². The number of morpholine rings is 1. The Bertz CT molecular complexity index is 150. The third kappa shape index (κ3) is 3.52. The molecule has 2 nitrogen and oxygen atoms in total. The molecule has 0 bridgehead atoms. The van der Waals surface area contributed by atoms with Crippen LogP contribution in [-0.2, 0) is 4.74 Å². The summed E-state index contributed by atoms with van der Waals surface area (Å²) in [5.74, 6) is 0.856. The third-order valence-corrected chi connectivity index (χ3v) is 3.92. The van der Waals surface area contributed by atoms with Crippen LogP contribution in [0, 0.1) is 5.92 Å². The van der Waals surface area contributed by atoms with Gasteiger partial charge in [0.05, 0.1) is 13.2 Å². The molecule has 0 aliphatic carbocycles. The average Bonchev–Trinajstić information content (AvgIpc) is 2.26. The van der Waals surface area contributed by atoms with Crippen LogP contribution in [0.25, 0.3) is 0 Å². The molecule has 1 aliphatic rings. The molecule has 0 saturated carbocycles. The Hall–Kier alpha value is 0.400. The molecule has 1 fully saturated rings. The van der Waals surface area contributed by atoms with E-state index in [1.54, 1.807) is 0 Å². The van der Waals surface area contributed by atoms with E-state index in [9.17, 15) is 0 Å². The minimum absolute atomic E-state index is 0.587. The lowest BCUT2D eigenvalue weighted by Crippen LogP contribution is -2.48. The molecule has 1 saturated heterocycles. The molecule has 1 atom stereocenters. The summed E-state index contributed by atoms with van der Waals surface area (Å²) in [4.78, 5) is 2.58. The maximum atomic E-state index is 5.48. The van der Waals surface area contributed by atoms with Gasteiger partial charge in [0.2, 0.25) is 0 Å². The van der Waals surface area contributed by atoms with Crippen molar-refractivity contribution in [2.24, 2.45) is 5.92 Å². The number of alkyl halides is 1. The standard InChI is InChI=1S/C11H22BrNO/c1-3-10(4-2)8-13-5-6-14-9-11(13)7-12/h10-11H,3-9H2,1-2H3. The van der Waals surface area contributed by atoms with Crippen molar-refractivity contribution in [3.63, 3.8) is 0 Å². The molecule has 1 rings (SSSR count). The van der Waals surface area contributed by atoms with E-state index in [1.165, 1.54) is 19.4 Å². The maximum absolute atomic E-state index is 5.48. The zero-order valence-electron chi connectivity index (χ0n) is 9.34. The fraction of sp³-hybridized carbons (Fsp3) is 1.00. The van der Waals surface area contributed by atoms with Crippen LogP contribution in [0.4, 0.5) is 0 Å². The predicted molar refractivity (Wildman–Crippen MR) is 64.0 cm³/mol. The van der Waals surface area contributed by atoms with E-state index in [-0.39, 0.29) is 0 Å². The molecule has 14 heavy (non-hydrogen) atoms. The third-order valence-electron chi connectivity index (χ3n) is 3.17. The second kappa shape index (κ2) is 6.81. The van der Waals surface area contributed by atoms with Crippen LogP contribution in [0.1, 0.15) is 26.7 Å². The normalized spacial score (nSPS) is 24.4. The Labute approximate surface area is 96.1 Å². The molecular formula is C11H22BrNO. The smallest absolute Gasteiger partial charge is 0.0630 e. The largest absolute Gasteiger partial charge is 0.378 e. The van der Waals surface area contributed by atoms with Gasteiger partial charge in [-0.1, -0.05) is 42.6 Å². The molecule has 1 heterocycles. The summed E-state index contributed by atoms with van der Waals surface area (Å²) < 4.78 is 5.48. The van der Waals surface area contributed by atoms with Crippen molar-refractivity contribution in [2.45, 2.75) is 32.7 Å². The van der Waals surface area contributed by atoms with Gasteiger partial charge in [0.15, 0.2) is 0 Å². The quantitative estimate of drug-likeness (QED) is 0.707. The molecule has 84 valence electrons. The Morgan fingerprint density at radius 2 is 2.14 bits per heavy atom. The molecule has 1 unspecified atom stereocenters. The van der Waals surface area contributed by atoms with E-state index in [4.69, 9.17) is 4.74 Å². The van der Waals surface area contributed by atoms with Gasteiger partial charge >= 0.3 is 0 Å². The van der Waals surface area contributed by atoms with Crippen molar-refractivity contribution in [3.8, 4) is 0 Å². The first-order valence-electron chi connectivity index (χ1n) is 5.69. The van der Waals surface area contributed by atoms with Crippen molar-refractivity contribution < 1.29 is 4.74 Å². The summed E-state index contributed by atoms with van der Waals surface area (Å²) in [6, 6.07) is 0.587. The Kier molecular flexibility index (Phi) is 6.06. The Morgan fingerprint density at radius 1 is 1.43 bits per heavy atom. The second-order valence-corrected chi connectivity index (χ2v) is 4.71. The van der Waals surface area contributed by atoms with E-state index < -0.39 is 0 Å². The lowest BCUT2D eigenvalue weighted by Gasteiger charge is -2.36. The highest BCUT2D eigenvalue weighted by molar-refractivity contribution is 9.09. The fourth-order valence-electron chi connectivity index (χ4n) is 1.95. The average molecular weight is 264 g/mol. The van der Waals surface area contributed by atoms with E-state index in [1.807, 2.05) is 0 Å². The zero-order chi connectivity index (χ0) is 10.4. The van der Waals surface area contributed by atoms with Crippen molar-refractivity contribution in [1.29, 1.82) is 0 Å². The van der Waals surface area contributed by atoms with Crippen LogP contribution in [0.3, 0.4) is 0 Å². The summed E-state index contributed by atoms with van der Waals surface area (Å²) in [6.45, 7) is 8.73. The van der Waals surface area contributed by atoms with Crippen LogP contribution in [0.5, 0.6) is 0 Å². The van der Waals surface area contributed by atoms with Crippen molar-refractivity contribution in [2.75, 3.05) is 31.6 Å². The molecule has 0 N–H and O–H groups in total. The number of ether oxygens (including phenoxy) is 1. The number of halogens is 1. The lowest BCUT2D eigenvalue weighted by molar-refractivity contribution is -0.00552. The summed E-state index contributed by atoms with van der Waals surface area (Å²) in [6.07, 6.45) is 2.59. The summed E-state index contributed by atoms with van der Waals surface area (Å²) >= 11 is 3.56. The van der Waals surface area contributed by atoms with E-state index in [0.29, 0.717) is 6.04 Å². The van der Waals surface area contributed by atoms with Crippen LogP contribution in [0.2, 0.25) is 0 Å².